The molecule has 7 heteroatoms. The standard InChI is InChI=1S/C22H25N3O2S2/c1-13-4-9-17-18(10-13)29-22-20(17)21(24-14(2)25-22)28-12-19(26)23-11-15-5-7-16(27-3)8-6-15/h5-8,13H,4,9-12H2,1-3H3,(H,23,26)/t13-/m0/s1. The van der Waals surface area contributed by atoms with Crippen LogP contribution in [0.2, 0.25) is 0 Å². The molecule has 0 radical (unpaired) electrons. The number of amides is 1. The zero-order valence-corrected chi connectivity index (χ0v) is 18.6. The van der Waals surface area contributed by atoms with Gasteiger partial charge in [0, 0.05) is 16.8 Å². The Labute approximate surface area is 179 Å². The lowest BCUT2D eigenvalue weighted by molar-refractivity contribution is -0.118. The fourth-order valence-corrected chi connectivity index (χ4v) is 6.07. The number of carbonyl (C=O) groups is 1. The predicted octanol–water partition coefficient (Wildman–Crippen LogP) is 4.54. The molecule has 0 bridgehead atoms. The molecule has 5 nitrogen and oxygen atoms in total. The first kappa shape index (κ1) is 20.2. The van der Waals surface area contributed by atoms with Gasteiger partial charge in [-0.3, -0.25) is 4.79 Å². The highest BCUT2D eigenvalue weighted by molar-refractivity contribution is 8.00. The molecule has 4 rings (SSSR count). The first-order valence-electron chi connectivity index (χ1n) is 9.84. The van der Waals surface area contributed by atoms with Crippen LogP contribution >= 0.6 is 23.1 Å². The molecule has 0 saturated carbocycles. The highest BCUT2D eigenvalue weighted by Crippen LogP contribution is 2.40. The first-order chi connectivity index (χ1) is 14.0. The highest BCUT2D eigenvalue weighted by Gasteiger charge is 2.24. The molecule has 1 aliphatic rings. The van der Waals surface area contributed by atoms with Gasteiger partial charge in [-0.15, -0.1) is 11.3 Å². The summed E-state index contributed by atoms with van der Waals surface area (Å²) in [6, 6.07) is 7.72. The lowest BCUT2D eigenvalue weighted by Gasteiger charge is -2.18. The third-order valence-electron chi connectivity index (χ3n) is 5.22. The number of nitrogens with zero attached hydrogens (tertiary/aromatic N) is 2. The Morgan fingerprint density at radius 1 is 1.31 bits per heavy atom. The number of aryl methyl sites for hydroxylation is 2. The van der Waals surface area contributed by atoms with E-state index in [1.807, 2.05) is 31.2 Å². The average molecular weight is 428 g/mol. The van der Waals surface area contributed by atoms with E-state index in [0.29, 0.717) is 12.3 Å². The van der Waals surface area contributed by atoms with Crippen LogP contribution in [0.4, 0.5) is 0 Å². The number of nitrogens with one attached hydrogen (secondary N) is 1. The summed E-state index contributed by atoms with van der Waals surface area (Å²) < 4.78 is 5.16. The normalized spacial score (nSPS) is 15.9. The van der Waals surface area contributed by atoms with Crippen molar-refractivity contribution in [3.63, 3.8) is 0 Å². The topological polar surface area (TPSA) is 64.1 Å². The molecule has 0 spiro atoms. The van der Waals surface area contributed by atoms with Gasteiger partial charge in [-0.2, -0.15) is 0 Å². The van der Waals surface area contributed by atoms with Gasteiger partial charge in [-0.1, -0.05) is 30.8 Å². The van der Waals surface area contributed by atoms with Gasteiger partial charge in [0.15, 0.2) is 0 Å². The van der Waals surface area contributed by atoms with E-state index in [9.17, 15) is 4.79 Å². The summed E-state index contributed by atoms with van der Waals surface area (Å²) in [6.45, 7) is 4.75. The Morgan fingerprint density at radius 3 is 2.86 bits per heavy atom. The quantitative estimate of drug-likeness (QED) is 0.462. The van der Waals surface area contributed by atoms with E-state index in [-0.39, 0.29) is 5.91 Å². The van der Waals surface area contributed by atoms with Gasteiger partial charge in [0.1, 0.15) is 21.4 Å². The second-order valence-electron chi connectivity index (χ2n) is 7.52. The number of fused-ring (bicyclic) bond motifs is 3. The van der Waals surface area contributed by atoms with Gasteiger partial charge in [-0.25, -0.2) is 9.97 Å². The molecule has 0 saturated heterocycles. The Balaban J connectivity index is 1.44. The van der Waals surface area contributed by atoms with E-state index in [1.165, 1.54) is 34.0 Å². The van der Waals surface area contributed by atoms with Crippen molar-refractivity contribution in [1.29, 1.82) is 0 Å². The number of ether oxygens (including phenoxy) is 1. The number of carbonyl (C=O) groups excluding carboxylic acids is 1. The van der Waals surface area contributed by atoms with Crippen molar-refractivity contribution < 1.29 is 9.53 Å². The minimum atomic E-state index is 0.00736. The fraction of sp³-hybridized carbons (Fsp3) is 0.409. The molecule has 1 N–H and O–H groups in total. The van der Waals surface area contributed by atoms with Gasteiger partial charge in [-0.05, 0) is 55.4 Å². The molecule has 0 aliphatic heterocycles. The van der Waals surface area contributed by atoms with Crippen molar-refractivity contribution in [2.24, 2.45) is 5.92 Å². The summed E-state index contributed by atoms with van der Waals surface area (Å²) in [6.07, 6.45) is 3.42. The van der Waals surface area contributed by atoms with E-state index >= 15 is 0 Å². The number of methoxy groups -OCH3 is 1. The van der Waals surface area contributed by atoms with Crippen LogP contribution in [-0.2, 0) is 24.2 Å². The predicted molar refractivity (Wildman–Crippen MR) is 119 cm³/mol. The second-order valence-corrected chi connectivity index (χ2v) is 9.57. The number of hydrogen-bond donors (Lipinski definition) is 1. The number of benzene rings is 1. The van der Waals surface area contributed by atoms with Crippen molar-refractivity contribution >= 4 is 39.2 Å². The van der Waals surface area contributed by atoms with Crippen molar-refractivity contribution in [3.05, 3.63) is 46.1 Å². The number of aromatic nitrogens is 2. The minimum Gasteiger partial charge on any atom is -0.497 e. The third kappa shape index (κ3) is 4.56. The molecule has 1 amide bonds. The lowest BCUT2D eigenvalue weighted by Crippen LogP contribution is -2.24. The van der Waals surface area contributed by atoms with Crippen LogP contribution in [0.1, 0.15) is 35.2 Å². The monoisotopic (exact) mass is 427 g/mol. The molecular weight excluding hydrogens is 402 g/mol. The van der Waals surface area contributed by atoms with Gasteiger partial charge in [0.25, 0.3) is 0 Å². The van der Waals surface area contributed by atoms with Gasteiger partial charge >= 0.3 is 0 Å². The summed E-state index contributed by atoms with van der Waals surface area (Å²) in [7, 11) is 1.64. The third-order valence-corrected chi connectivity index (χ3v) is 7.35. The largest absolute Gasteiger partial charge is 0.497 e. The Morgan fingerprint density at radius 2 is 2.10 bits per heavy atom. The van der Waals surface area contributed by atoms with E-state index in [2.05, 4.69) is 22.2 Å². The highest BCUT2D eigenvalue weighted by atomic mass is 32.2. The van der Waals surface area contributed by atoms with Crippen molar-refractivity contribution in [3.8, 4) is 5.75 Å². The zero-order chi connectivity index (χ0) is 20.4. The second kappa shape index (κ2) is 8.71. The molecule has 1 aromatic carbocycles. The van der Waals surface area contributed by atoms with Crippen molar-refractivity contribution in [2.75, 3.05) is 12.9 Å². The molecule has 29 heavy (non-hydrogen) atoms. The SMILES string of the molecule is COc1ccc(CNC(=O)CSc2nc(C)nc3sc4c(c23)CC[C@H](C)C4)cc1. The van der Waals surface area contributed by atoms with Crippen LogP contribution in [-0.4, -0.2) is 28.7 Å². The maximum absolute atomic E-state index is 12.4. The van der Waals surface area contributed by atoms with Crippen LogP contribution in [0.25, 0.3) is 10.2 Å². The smallest absolute Gasteiger partial charge is 0.230 e. The van der Waals surface area contributed by atoms with Crippen molar-refractivity contribution in [1.82, 2.24) is 15.3 Å². The number of rotatable bonds is 6. The molecule has 0 unspecified atom stereocenters. The number of thioether (sulfide) groups is 1. The van der Waals surface area contributed by atoms with E-state index in [1.54, 1.807) is 18.4 Å². The van der Waals surface area contributed by atoms with Gasteiger partial charge < -0.3 is 10.1 Å². The average Bonchev–Trinajstić information content (AvgIpc) is 3.07. The van der Waals surface area contributed by atoms with Crippen LogP contribution in [0, 0.1) is 12.8 Å². The maximum atomic E-state index is 12.4. The van der Waals surface area contributed by atoms with Crippen LogP contribution < -0.4 is 10.1 Å². The summed E-state index contributed by atoms with van der Waals surface area (Å²) in [5.41, 5.74) is 2.45. The van der Waals surface area contributed by atoms with Crippen LogP contribution in [0.3, 0.4) is 0 Å². The molecule has 2 heterocycles. The molecule has 0 fully saturated rings. The van der Waals surface area contributed by atoms with Crippen LogP contribution in [0.15, 0.2) is 29.3 Å². The Hall–Kier alpha value is -2.12. The lowest BCUT2D eigenvalue weighted by atomic mass is 9.89. The molecule has 1 aliphatic carbocycles. The molecule has 3 aromatic rings. The van der Waals surface area contributed by atoms with E-state index in [0.717, 1.165) is 45.8 Å². The minimum absolute atomic E-state index is 0.00736. The summed E-state index contributed by atoms with van der Waals surface area (Å²) in [5.74, 6) is 2.66. The summed E-state index contributed by atoms with van der Waals surface area (Å²) >= 11 is 3.32. The molecular formula is C22H25N3O2S2. The molecule has 2 aromatic heterocycles. The number of thiophene rings is 1. The number of hydrogen-bond acceptors (Lipinski definition) is 6. The molecule has 1 atom stereocenters. The summed E-state index contributed by atoms with van der Waals surface area (Å²) in [4.78, 5) is 24.3. The Bertz CT molecular complexity index is 1030. The first-order valence-corrected chi connectivity index (χ1v) is 11.6. The maximum Gasteiger partial charge on any atom is 0.230 e. The fourth-order valence-electron chi connectivity index (χ4n) is 3.64. The van der Waals surface area contributed by atoms with Gasteiger partial charge in [0.2, 0.25) is 5.91 Å². The van der Waals surface area contributed by atoms with E-state index < -0.39 is 0 Å². The zero-order valence-electron chi connectivity index (χ0n) is 16.9. The van der Waals surface area contributed by atoms with Crippen LogP contribution in [0.5, 0.6) is 5.75 Å². The van der Waals surface area contributed by atoms with Gasteiger partial charge in [0.05, 0.1) is 12.9 Å². The summed E-state index contributed by atoms with van der Waals surface area (Å²) in [5, 5.41) is 5.11. The van der Waals surface area contributed by atoms with Crippen molar-refractivity contribution in [2.45, 2.75) is 44.7 Å². The molecule has 152 valence electrons. The Kier molecular flexibility index (Phi) is 6.06. The van der Waals surface area contributed by atoms with E-state index in [4.69, 9.17) is 4.74 Å².